The number of hydrogen-bond acceptors (Lipinski definition) is 3. The van der Waals surface area contributed by atoms with Crippen molar-refractivity contribution in [3.63, 3.8) is 0 Å². The number of rotatable bonds is 4. The fourth-order valence-electron chi connectivity index (χ4n) is 2.14. The predicted octanol–water partition coefficient (Wildman–Crippen LogP) is 3.92. The Kier molecular flexibility index (Phi) is 3.76. The molecule has 3 rings (SSSR count). The monoisotopic (exact) mass is 306 g/mol. The number of para-hydroxylation sites is 1. The first kappa shape index (κ1) is 13.2. The number of H-pyrrole nitrogens is 1. The van der Waals surface area contributed by atoms with Gasteiger partial charge in [-0.25, -0.2) is 9.97 Å². The lowest BCUT2D eigenvalue weighted by atomic mass is 10.1. The summed E-state index contributed by atoms with van der Waals surface area (Å²) in [6, 6.07) is 9.89. The summed E-state index contributed by atoms with van der Waals surface area (Å²) in [4.78, 5) is 11.1. The number of benzene rings is 1. The van der Waals surface area contributed by atoms with Crippen molar-refractivity contribution < 1.29 is 0 Å². The average Bonchev–Trinajstić information content (AvgIpc) is 2.81. The second kappa shape index (κ2) is 5.69. The van der Waals surface area contributed by atoms with E-state index in [4.69, 9.17) is 23.2 Å². The van der Waals surface area contributed by atoms with Crippen LogP contribution in [-0.4, -0.2) is 21.5 Å². The molecule has 102 valence electrons. The topological polar surface area (TPSA) is 53.6 Å². The lowest BCUT2D eigenvalue weighted by molar-refractivity contribution is 1.01. The van der Waals surface area contributed by atoms with Gasteiger partial charge < -0.3 is 10.3 Å². The van der Waals surface area contributed by atoms with E-state index in [1.165, 1.54) is 10.9 Å². The highest BCUT2D eigenvalue weighted by Crippen LogP contribution is 2.18. The van der Waals surface area contributed by atoms with Gasteiger partial charge in [0.15, 0.2) is 0 Å². The Balaban J connectivity index is 1.68. The molecule has 20 heavy (non-hydrogen) atoms. The third kappa shape index (κ3) is 2.86. The number of aromatic amines is 1. The molecule has 0 aliphatic heterocycles. The first-order valence-corrected chi connectivity index (χ1v) is 6.97. The second-order valence-corrected chi connectivity index (χ2v) is 5.11. The number of aromatic nitrogens is 3. The third-order valence-corrected chi connectivity index (χ3v) is 3.41. The fourth-order valence-corrected chi connectivity index (χ4v) is 2.55. The molecule has 0 spiro atoms. The maximum absolute atomic E-state index is 5.83. The minimum atomic E-state index is 0.145. The molecular formula is C14H12Cl2N4. The quantitative estimate of drug-likeness (QED) is 0.567. The van der Waals surface area contributed by atoms with Gasteiger partial charge in [0.05, 0.1) is 0 Å². The summed E-state index contributed by atoms with van der Waals surface area (Å²) in [7, 11) is 0. The molecule has 0 radical (unpaired) electrons. The van der Waals surface area contributed by atoms with Crippen LogP contribution >= 0.6 is 23.2 Å². The molecule has 3 aromatic rings. The van der Waals surface area contributed by atoms with E-state index in [9.17, 15) is 0 Å². The third-order valence-electron chi connectivity index (χ3n) is 3.04. The van der Waals surface area contributed by atoms with E-state index >= 15 is 0 Å². The normalized spacial score (nSPS) is 10.9. The molecule has 6 heteroatoms. The molecule has 1 aromatic carbocycles. The largest absolute Gasteiger partial charge is 0.370 e. The Morgan fingerprint density at radius 1 is 1.15 bits per heavy atom. The van der Waals surface area contributed by atoms with Crippen molar-refractivity contribution >= 4 is 39.9 Å². The number of hydrogen-bond donors (Lipinski definition) is 2. The van der Waals surface area contributed by atoms with Gasteiger partial charge in [0, 0.05) is 29.7 Å². The van der Waals surface area contributed by atoms with Gasteiger partial charge in [-0.3, -0.25) is 0 Å². The first-order chi connectivity index (χ1) is 9.72. The molecule has 2 heterocycles. The van der Waals surface area contributed by atoms with Crippen molar-refractivity contribution in [1.29, 1.82) is 0 Å². The number of anilines is 1. The fraction of sp³-hybridized carbons (Fsp3) is 0.143. The predicted molar refractivity (Wildman–Crippen MR) is 82.5 cm³/mol. The van der Waals surface area contributed by atoms with E-state index in [0.29, 0.717) is 11.0 Å². The highest BCUT2D eigenvalue weighted by atomic mass is 35.5. The molecule has 2 N–H and O–H groups in total. The summed E-state index contributed by atoms with van der Waals surface area (Å²) >= 11 is 11.6. The Bertz CT molecular complexity index is 719. The second-order valence-electron chi connectivity index (χ2n) is 4.38. The molecule has 0 bridgehead atoms. The zero-order valence-corrected chi connectivity index (χ0v) is 12.0. The molecule has 0 unspecified atom stereocenters. The summed E-state index contributed by atoms with van der Waals surface area (Å²) in [5.41, 5.74) is 2.41. The Morgan fingerprint density at radius 2 is 2.00 bits per heavy atom. The van der Waals surface area contributed by atoms with Gasteiger partial charge in [-0.1, -0.05) is 29.8 Å². The SMILES string of the molecule is Clc1cc(NCCc2c[nH]c3ccccc23)nc(Cl)n1. The van der Waals surface area contributed by atoms with Crippen LogP contribution in [0, 0.1) is 0 Å². The van der Waals surface area contributed by atoms with E-state index in [1.807, 2.05) is 18.3 Å². The van der Waals surface area contributed by atoms with Crippen molar-refractivity contribution in [3.8, 4) is 0 Å². The lowest BCUT2D eigenvalue weighted by Gasteiger charge is -2.05. The molecule has 0 fully saturated rings. The lowest BCUT2D eigenvalue weighted by Crippen LogP contribution is -2.06. The maximum Gasteiger partial charge on any atom is 0.225 e. The van der Waals surface area contributed by atoms with E-state index in [0.717, 1.165) is 18.5 Å². The van der Waals surface area contributed by atoms with Crippen LogP contribution in [0.2, 0.25) is 10.4 Å². The van der Waals surface area contributed by atoms with E-state index < -0.39 is 0 Å². The molecule has 2 aromatic heterocycles. The number of fused-ring (bicyclic) bond motifs is 1. The Morgan fingerprint density at radius 3 is 2.85 bits per heavy atom. The molecule has 0 saturated carbocycles. The zero-order valence-electron chi connectivity index (χ0n) is 10.5. The molecule has 0 saturated heterocycles. The highest BCUT2D eigenvalue weighted by Gasteiger charge is 2.04. The zero-order chi connectivity index (χ0) is 13.9. The first-order valence-electron chi connectivity index (χ1n) is 6.21. The van der Waals surface area contributed by atoms with Crippen LogP contribution in [0.4, 0.5) is 5.82 Å². The van der Waals surface area contributed by atoms with Gasteiger partial charge >= 0.3 is 0 Å². The van der Waals surface area contributed by atoms with Crippen LogP contribution < -0.4 is 5.32 Å². The van der Waals surface area contributed by atoms with Crippen LogP contribution in [0.5, 0.6) is 0 Å². The summed E-state index contributed by atoms with van der Waals surface area (Å²) in [5, 5.41) is 4.92. The van der Waals surface area contributed by atoms with Crippen LogP contribution in [0.15, 0.2) is 36.5 Å². The summed E-state index contributed by atoms with van der Waals surface area (Å²) < 4.78 is 0. The maximum atomic E-state index is 5.83. The van der Waals surface area contributed by atoms with E-state index in [-0.39, 0.29) is 5.28 Å². The smallest absolute Gasteiger partial charge is 0.225 e. The van der Waals surface area contributed by atoms with Gasteiger partial charge in [0.25, 0.3) is 0 Å². The van der Waals surface area contributed by atoms with Gasteiger partial charge in [-0.05, 0) is 29.7 Å². The van der Waals surface area contributed by atoms with E-state index in [1.54, 1.807) is 6.07 Å². The highest BCUT2D eigenvalue weighted by molar-refractivity contribution is 6.32. The molecule has 0 amide bonds. The van der Waals surface area contributed by atoms with Crippen molar-refractivity contribution in [1.82, 2.24) is 15.0 Å². The van der Waals surface area contributed by atoms with Gasteiger partial charge in [-0.2, -0.15) is 0 Å². The van der Waals surface area contributed by atoms with Crippen LogP contribution in [0.3, 0.4) is 0 Å². The van der Waals surface area contributed by atoms with Crippen molar-refractivity contribution in [2.75, 3.05) is 11.9 Å². The van der Waals surface area contributed by atoms with Crippen molar-refractivity contribution in [2.24, 2.45) is 0 Å². The van der Waals surface area contributed by atoms with Crippen molar-refractivity contribution in [2.45, 2.75) is 6.42 Å². The number of halogens is 2. The van der Waals surface area contributed by atoms with E-state index in [2.05, 4.69) is 32.4 Å². The van der Waals surface area contributed by atoms with Crippen LogP contribution in [0.1, 0.15) is 5.56 Å². The van der Waals surface area contributed by atoms with Gasteiger partial charge in [0.2, 0.25) is 5.28 Å². The Hall–Kier alpha value is -1.78. The van der Waals surface area contributed by atoms with Gasteiger partial charge in [-0.15, -0.1) is 0 Å². The standard InChI is InChI=1S/C14H12Cl2N4/c15-12-7-13(20-14(16)19-12)17-6-5-9-8-18-11-4-2-1-3-10(9)11/h1-4,7-8,18H,5-6H2,(H,17,19,20). The number of nitrogens with zero attached hydrogens (tertiary/aromatic N) is 2. The molecule has 4 nitrogen and oxygen atoms in total. The molecular weight excluding hydrogens is 295 g/mol. The Labute approximate surface area is 126 Å². The minimum Gasteiger partial charge on any atom is -0.370 e. The summed E-state index contributed by atoms with van der Waals surface area (Å²) in [5.74, 6) is 0.634. The summed E-state index contributed by atoms with van der Waals surface area (Å²) in [6.45, 7) is 0.742. The molecule has 0 aliphatic carbocycles. The van der Waals surface area contributed by atoms with Crippen LogP contribution in [-0.2, 0) is 6.42 Å². The van der Waals surface area contributed by atoms with Gasteiger partial charge in [0.1, 0.15) is 11.0 Å². The average molecular weight is 307 g/mol. The van der Waals surface area contributed by atoms with Crippen LogP contribution in [0.25, 0.3) is 10.9 Å². The number of nitrogens with one attached hydrogen (secondary N) is 2. The summed E-state index contributed by atoms with van der Waals surface area (Å²) in [6.07, 6.45) is 2.91. The molecule has 0 aliphatic rings. The molecule has 0 atom stereocenters. The minimum absolute atomic E-state index is 0.145. The van der Waals surface area contributed by atoms with Crippen molar-refractivity contribution in [3.05, 3.63) is 52.5 Å².